The molecule has 0 aliphatic heterocycles. The van der Waals surface area contributed by atoms with Gasteiger partial charge in [0.15, 0.2) is 0 Å². The number of fused-ring (bicyclic) bond motifs is 1. The molecule has 1 aromatic carbocycles. The van der Waals surface area contributed by atoms with Crippen LogP contribution in [0.3, 0.4) is 0 Å². The van der Waals surface area contributed by atoms with E-state index in [9.17, 15) is 0 Å². The number of nitrogens with zero attached hydrogens (tertiary/aromatic N) is 4. The molecule has 4 nitrogen and oxygen atoms in total. The standard InChI is InChI=1S/C15H18N4/c1-3-4-14-10-19(17-16-14)11-18-8-7-13-9-12(2)5-6-15(13)18/h5-10H,3-4,11H2,1-2H3. The summed E-state index contributed by atoms with van der Waals surface area (Å²) in [5, 5.41) is 9.63. The number of aromatic nitrogens is 4. The Kier molecular flexibility index (Phi) is 3.07. The van der Waals surface area contributed by atoms with Crippen molar-refractivity contribution in [2.24, 2.45) is 0 Å². The molecule has 19 heavy (non-hydrogen) atoms. The van der Waals surface area contributed by atoms with E-state index >= 15 is 0 Å². The molecule has 0 N–H and O–H groups in total. The van der Waals surface area contributed by atoms with Crippen LogP contribution in [-0.4, -0.2) is 19.6 Å². The van der Waals surface area contributed by atoms with E-state index in [-0.39, 0.29) is 0 Å². The first-order valence-corrected chi connectivity index (χ1v) is 6.71. The summed E-state index contributed by atoms with van der Waals surface area (Å²) in [5.41, 5.74) is 3.59. The summed E-state index contributed by atoms with van der Waals surface area (Å²) in [6.45, 7) is 4.98. The molecule has 0 saturated carbocycles. The summed E-state index contributed by atoms with van der Waals surface area (Å²) in [7, 11) is 0. The summed E-state index contributed by atoms with van der Waals surface area (Å²) in [6.07, 6.45) is 6.23. The van der Waals surface area contributed by atoms with Gasteiger partial charge in [-0.05, 0) is 36.9 Å². The highest BCUT2D eigenvalue weighted by Crippen LogP contribution is 2.17. The zero-order chi connectivity index (χ0) is 13.2. The van der Waals surface area contributed by atoms with Gasteiger partial charge < -0.3 is 4.57 Å². The maximum atomic E-state index is 4.18. The van der Waals surface area contributed by atoms with E-state index in [0.717, 1.165) is 18.5 Å². The van der Waals surface area contributed by atoms with Crippen molar-refractivity contribution in [1.29, 1.82) is 0 Å². The van der Waals surface area contributed by atoms with E-state index in [2.05, 4.69) is 59.2 Å². The average molecular weight is 254 g/mol. The Balaban J connectivity index is 1.88. The fourth-order valence-corrected chi connectivity index (χ4v) is 2.38. The largest absolute Gasteiger partial charge is 0.327 e. The third-order valence-electron chi connectivity index (χ3n) is 3.32. The van der Waals surface area contributed by atoms with E-state index in [1.165, 1.54) is 16.5 Å². The van der Waals surface area contributed by atoms with Gasteiger partial charge in [0, 0.05) is 11.7 Å². The monoisotopic (exact) mass is 254 g/mol. The van der Waals surface area contributed by atoms with Gasteiger partial charge in [0.05, 0.1) is 11.9 Å². The third kappa shape index (κ3) is 2.38. The maximum Gasteiger partial charge on any atom is 0.118 e. The summed E-state index contributed by atoms with van der Waals surface area (Å²) in [5.74, 6) is 0. The molecule has 3 aromatic rings. The zero-order valence-corrected chi connectivity index (χ0v) is 11.4. The first-order valence-electron chi connectivity index (χ1n) is 6.71. The first kappa shape index (κ1) is 12.0. The minimum atomic E-state index is 0.712. The van der Waals surface area contributed by atoms with Crippen molar-refractivity contribution in [3.63, 3.8) is 0 Å². The van der Waals surface area contributed by atoms with Crippen LogP contribution >= 0.6 is 0 Å². The summed E-state index contributed by atoms with van der Waals surface area (Å²) < 4.78 is 4.09. The fraction of sp³-hybridized carbons (Fsp3) is 0.333. The molecule has 4 heteroatoms. The summed E-state index contributed by atoms with van der Waals surface area (Å²) >= 11 is 0. The smallest absolute Gasteiger partial charge is 0.118 e. The molecule has 98 valence electrons. The van der Waals surface area contributed by atoms with Gasteiger partial charge in [0.1, 0.15) is 6.67 Å². The number of rotatable bonds is 4. The summed E-state index contributed by atoms with van der Waals surface area (Å²) in [6, 6.07) is 8.65. The van der Waals surface area contributed by atoms with Crippen LogP contribution < -0.4 is 0 Å². The van der Waals surface area contributed by atoms with Crippen molar-refractivity contribution in [2.45, 2.75) is 33.4 Å². The molecule has 0 radical (unpaired) electrons. The van der Waals surface area contributed by atoms with Gasteiger partial charge in [0.25, 0.3) is 0 Å². The number of hydrogen-bond acceptors (Lipinski definition) is 2. The quantitative estimate of drug-likeness (QED) is 0.717. The van der Waals surface area contributed by atoms with E-state index in [1.807, 2.05) is 10.9 Å². The molecule has 0 fully saturated rings. The predicted octanol–water partition coefficient (Wildman–Crippen LogP) is 3.00. The van der Waals surface area contributed by atoms with Crippen molar-refractivity contribution in [3.8, 4) is 0 Å². The lowest BCUT2D eigenvalue weighted by molar-refractivity contribution is 0.542. The predicted molar refractivity (Wildman–Crippen MR) is 76.1 cm³/mol. The molecular formula is C15H18N4. The van der Waals surface area contributed by atoms with Crippen molar-refractivity contribution in [1.82, 2.24) is 19.6 Å². The number of hydrogen-bond donors (Lipinski definition) is 0. The fourth-order valence-electron chi connectivity index (χ4n) is 2.38. The Morgan fingerprint density at radius 2 is 2.11 bits per heavy atom. The normalized spacial score (nSPS) is 11.3. The molecule has 2 heterocycles. The van der Waals surface area contributed by atoms with Gasteiger partial charge in [-0.25, -0.2) is 4.68 Å². The molecule has 0 bridgehead atoms. The van der Waals surface area contributed by atoms with Crippen LogP contribution in [0.25, 0.3) is 10.9 Å². The van der Waals surface area contributed by atoms with Crippen LogP contribution in [0.2, 0.25) is 0 Å². The highest BCUT2D eigenvalue weighted by molar-refractivity contribution is 5.80. The SMILES string of the molecule is CCCc1cn(Cn2ccc3cc(C)ccc32)nn1. The molecule has 0 spiro atoms. The van der Waals surface area contributed by atoms with Gasteiger partial charge in [-0.15, -0.1) is 5.10 Å². The Labute approximate surface area is 112 Å². The van der Waals surface area contributed by atoms with Crippen LogP contribution in [0, 0.1) is 6.92 Å². The van der Waals surface area contributed by atoms with Gasteiger partial charge in [-0.2, -0.15) is 0 Å². The van der Waals surface area contributed by atoms with Gasteiger partial charge in [0.2, 0.25) is 0 Å². The zero-order valence-electron chi connectivity index (χ0n) is 11.4. The lowest BCUT2D eigenvalue weighted by Gasteiger charge is -2.05. The Morgan fingerprint density at radius 3 is 2.95 bits per heavy atom. The number of aryl methyl sites for hydroxylation is 2. The molecule has 0 unspecified atom stereocenters. The second kappa shape index (κ2) is 4.88. The second-order valence-electron chi connectivity index (χ2n) is 4.99. The van der Waals surface area contributed by atoms with E-state index in [1.54, 1.807) is 0 Å². The minimum Gasteiger partial charge on any atom is -0.327 e. The second-order valence-corrected chi connectivity index (χ2v) is 4.99. The molecule has 0 aliphatic rings. The van der Waals surface area contributed by atoms with E-state index in [0.29, 0.717) is 6.67 Å². The minimum absolute atomic E-state index is 0.712. The van der Waals surface area contributed by atoms with Crippen molar-refractivity contribution in [2.75, 3.05) is 0 Å². The molecule has 0 atom stereocenters. The number of benzene rings is 1. The topological polar surface area (TPSA) is 35.6 Å². The van der Waals surface area contributed by atoms with Crippen LogP contribution in [0.15, 0.2) is 36.7 Å². The highest BCUT2D eigenvalue weighted by Gasteiger charge is 2.04. The molecular weight excluding hydrogens is 236 g/mol. The Bertz CT molecular complexity index is 693. The van der Waals surface area contributed by atoms with Gasteiger partial charge >= 0.3 is 0 Å². The van der Waals surface area contributed by atoms with Gasteiger partial charge in [-0.1, -0.05) is 30.2 Å². The molecule has 0 aliphatic carbocycles. The van der Waals surface area contributed by atoms with Crippen molar-refractivity contribution < 1.29 is 0 Å². The Morgan fingerprint density at radius 1 is 1.21 bits per heavy atom. The molecule has 0 saturated heterocycles. The highest BCUT2D eigenvalue weighted by atomic mass is 15.4. The molecule has 0 amide bonds. The third-order valence-corrected chi connectivity index (χ3v) is 3.32. The molecule has 3 rings (SSSR count). The van der Waals surface area contributed by atoms with E-state index < -0.39 is 0 Å². The van der Waals surface area contributed by atoms with Gasteiger partial charge in [-0.3, -0.25) is 0 Å². The van der Waals surface area contributed by atoms with E-state index in [4.69, 9.17) is 0 Å². The van der Waals surface area contributed by atoms with Crippen LogP contribution in [0.1, 0.15) is 24.6 Å². The van der Waals surface area contributed by atoms with Crippen LogP contribution in [-0.2, 0) is 13.1 Å². The van der Waals surface area contributed by atoms with Crippen LogP contribution in [0.5, 0.6) is 0 Å². The first-order chi connectivity index (χ1) is 9.26. The lowest BCUT2D eigenvalue weighted by Crippen LogP contribution is -2.07. The maximum absolute atomic E-state index is 4.18. The molecule has 2 aromatic heterocycles. The van der Waals surface area contributed by atoms with Crippen LogP contribution in [0.4, 0.5) is 0 Å². The summed E-state index contributed by atoms with van der Waals surface area (Å²) in [4.78, 5) is 0. The van der Waals surface area contributed by atoms with Crippen molar-refractivity contribution >= 4 is 10.9 Å². The van der Waals surface area contributed by atoms with Crippen molar-refractivity contribution in [3.05, 3.63) is 47.9 Å². The average Bonchev–Trinajstić information content (AvgIpc) is 2.98. The Hall–Kier alpha value is -2.10. The lowest BCUT2D eigenvalue weighted by atomic mass is 10.2.